The molecule has 1 N–H and O–H groups in total. The van der Waals surface area contributed by atoms with Gasteiger partial charge in [0.1, 0.15) is 0 Å². The average molecular weight is 321 g/mol. The molecule has 2 aromatic rings. The van der Waals surface area contributed by atoms with E-state index in [-0.39, 0.29) is 6.42 Å². The fourth-order valence-corrected chi connectivity index (χ4v) is 3.14. The largest absolute Gasteiger partial charge is 0.480 e. The lowest BCUT2D eigenvalue weighted by Gasteiger charge is -2.30. The van der Waals surface area contributed by atoms with Crippen LogP contribution in [-0.4, -0.2) is 34.2 Å². The normalized spacial score (nSPS) is 13.0. The molecule has 22 heavy (non-hydrogen) atoms. The second kappa shape index (κ2) is 6.46. The molecular formula is C16H19NO4S. The van der Waals surface area contributed by atoms with Crippen molar-refractivity contribution in [3.8, 4) is 0 Å². The van der Waals surface area contributed by atoms with Gasteiger partial charge in [-0.05, 0) is 43.2 Å². The number of fused-ring (bicyclic) bond motifs is 1. The van der Waals surface area contributed by atoms with Gasteiger partial charge in [-0.2, -0.15) is 0 Å². The van der Waals surface area contributed by atoms with Crippen LogP contribution in [0.1, 0.15) is 26.3 Å². The van der Waals surface area contributed by atoms with Gasteiger partial charge in [0.05, 0.1) is 5.60 Å². The van der Waals surface area contributed by atoms with Crippen LogP contribution in [-0.2, 0) is 20.8 Å². The van der Waals surface area contributed by atoms with E-state index in [9.17, 15) is 14.7 Å². The molecule has 0 aliphatic heterocycles. The lowest BCUT2D eigenvalue weighted by atomic mass is 10.0. The molecule has 0 bridgehead atoms. The van der Waals surface area contributed by atoms with E-state index >= 15 is 0 Å². The Morgan fingerprint density at radius 2 is 2.09 bits per heavy atom. The van der Waals surface area contributed by atoms with Gasteiger partial charge in [-0.25, -0.2) is 9.86 Å². The molecule has 1 heterocycles. The van der Waals surface area contributed by atoms with Gasteiger partial charge in [0, 0.05) is 11.1 Å². The summed E-state index contributed by atoms with van der Waals surface area (Å²) in [7, 11) is 0. The van der Waals surface area contributed by atoms with Crippen LogP contribution in [0.4, 0.5) is 0 Å². The predicted octanol–water partition coefficient (Wildman–Crippen LogP) is 3.09. The summed E-state index contributed by atoms with van der Waals surface area (Å²) in [5, 5.41) is 13.3. The van der Waals surface area contributed by atoms with Gasteiger partial charge in [0.15, 0.2) is 6.04 Å². The minimum atomic E-state index is -1.09. The Morgan fingerprint density at radius 1 is 1.41 bits per heavy atom. The van der Waals surface area contributed by atoms with Crippen LogP contribution in [0.3, 0.4) is 0 Å². The number of benzene rings is 1. The first-order chi connectivity index (χ1) is 10.3. The minimum Gasteiger partial charge on any atom is -0.480 e. The number of hydroxylamine groups is 2. The van der Waals surface area contributed by atoms with E-state index in [1.807, 2.05) is 29.6 Å². The standard InChI is InChI=1S/C16H19NO4S/c1-16(2,3)21-17(10-18)13(15(19)20)8-11-9-22-14-7-5-4-6-12(11)14/h4-7,9-10,13H,8H2,1-3H3,(H,19,20). The Morgan fingerprint density at radius 3 is 2.68 bits per heavy atom. The van der Waals surface area contributed by atoms with Crippen LogP contribution in [0.25, 0.3) is 10.1 Å². The van der Waals surface area contributed by atoms with Crippen molar-refractivity contribution in [2.75, 3.05) is 0 Å². The summed E-state index contributed by atoms with van der Waals surface area (Å²) in [4.78, 5) is 28.3. The first-order valence-electron chi connectivity index (χ1n) is 6.92. The van der Waals surface area contributed by atoms with Crippen molar-refractivity contribution < 1.29 is 19.5 Å². The molecule has 0 radical (unpaired) electrons. The zero-order valence-electron chi connectivity index (χ0n) is 12.8. The quantitative estimate of drug-likeness (QED) is 0.656. The number of carboxylic acid groups (broad SMARTS) is 1. The molecule has 1 aromatic heterocycles. The van der Waals surface area contributed by atoms with E-state index in [1.165, 1.54) is 0 Å². The number of carboxylic acids is 1. The van der Waals surface area contributed by atoms with Gasteiger partial charge in [0.2, 0.25) is 6.41 Å². The Balaban J connectivity index is 2.28. The molecule has 1 atom stereocenters. The highest BCUT2D eigenvalue weighted by atomic mass is 32.1. The molecule has 1 amide bonds. The summed E-state index contributed by atoms with van der Waals surface area (Å²) >= 11 is 1.56. The molecule has 0 spiro atoms. The van der Waals surface area contributed by atoms with Gasteiger partial charge in [-0.15, -0.1) is 11.3 Å². The molecule has 6 heteroatoms. The Kier molecular flexibility index (Phi) is 4.83. The van der Waals surface area contributed by atoms with Crippen LogP contribution in [0, 0.1) is 0 Å². The Hall–Kier alpha value is -1.92. The Bertz CT molecular complexity index is 674. The highest BCUT2D eigenvalue weighted by Gasteiger charge is 2.30. The van der Waals surface area contributed by atoms with Crippen molar-refractivity contribution in [1.82, 2.24) is 5.06 Å². The van der Waals surface area contributed by atoms with Crippen molar-refractivity contribution in [1.29, 1.82) is 0 Å². The number of nitrogens with zero attached hydrogens (tertiary/aromatic N) is 1. The van der Waals surface area contributed by atoms with E-state index < -0.39 is 17.6 Å². The fourth-order valence-electron chi connectivity index (χ4n) is 2.16. The minimum absolute atomic E-state index is 0.203. The van der Waals surface area contributed by atoms with Gasteiger partial charge in [-0.1, -0.05) is 18.2 Å². The van der Waals surface area contributed by atoms with Gasteiger partial charge in [-0.3, -0.25) is 9.63 Å². The SMILES string of the molecule is CC(C)(C)ON(C=O)C(Cc1csc2ccccc12)C(=O)O. The third kappa shape index (κ3) is 3.84. The fraction of sp³-hybridized carbons (Fsp3) is 0.375. The molecule has 1 aromatic carbocycles. The molecular weight excluding hydrogens is 302 g/mol. The number of carbonyl (C=O) groups excluding carboxylic acids is 1. The molecule has 118 valence electrons. The maximum atomic E-state index is 11.6. The first kappa shape index (κ1) is 16.5. The van der Waals surface area contributed by atoms with Crippen molar-refractivity contribution in [3.05, 3.63) is 35.2 Å². The number of carbonyl (C=O) groups is 2. The number of hydrogen-bond donors (Lipinski definition) is 1. The van der Waals surface area contributed by atoms with E-state index in [4.69, 9.17) is 4.84 Å². The molecule has 2 rings (SSSR count). The maximum absolute atomic E-state index is 11.6. The van der Waals surface area contributed by atoms with Crippen molar-refractivity contribution in [2.45, 2.75) is 38.8 Å². The highest BCUT2D eigenvalue weighted by Crippen LogP contribution is 2.27. The third-order valence-electron chi connectivity index (χ3n) is 3.05. The molecule has 0 saturated carbocycles. The zero-order chi connectivity index (χ0) is 16.3. The molecule has 0 aliphatic rings. The summed E-state index contributed by atoms with van der Waals surface area (Å²) in [5.74, 6) is -1.09. The number of amides is 1. The molecule has 0 saturated heterocycles. The smallest absolute Gasteiger partial charge is 0.329 e. The summed E-state index contributed by atoms with van der Waals surface area (Å²) in [6.07, 6.45) is 0.632. The highest BCUT2D eigenvalue weighted by molar-refractivity contribution is 7.17. The summed E-state index contributed by atoms with van der Waals surface area (Å²) < 4.78 is 1.09. The number of hydrogen-bond acceptors (Lipinski definition) is 4. The van der Waals surface area contributed by atoms with E-state index in [2.05, 4.69) is 0 Å². The van der Waals surface area contributed by atoms with Crippen molar-refractivity contribution in [2.24, 2.45) is 0 Å². The molecule has 1 unspecified atom stereocenters. The second-order valence-corrected chi connectivity index (χ2v) is 6.90. The lowest BCUT2D eigenvalue weighted by molar-refractivity contribution is -0.234. The number of rotatable bonds is 6. The molecule has 5 nitrogen and oxygen atoms in total. The van der Waals surface area contributed by atoms with E-state index in [0.717, 1.165) is 20.7 Å². The molecule has 0 aliphatic carbocycles. The van der Waals surface area contributed by atoms with Crippen molar-refractivity contribution >= 4 is 33.8 Å². The van der Waals surface area contributed by atoms with Gasteiger partial charge in [0.25, 0.3) is 0 Å². The summed E-state index contributed by atoms with van der Waals surface area (Å²) in [6, 6.07) is 6.74. The van der Waals surface area contributed by atoms with Crippen LogP contribution < -0.4 is 0 Å². The van der Waals surface area contributed by atoms with Gasteiger partial charge < -0.3 is 5.11 Å². The topological polar surface area (TPSA) is 66.8 Å². The molecule has 0 fully saturated rings. The monoisotopic (exact) mass is 321 g/mol. The summed E-state index contributed by atoms with van der Waals surface area (Å²) in [6.45, 7) is 5.30. The van der Waals surface area contributed by atoms with E-state index in [0.29, 0.717) is 6.41 Å². The van der Waals surface area contributed by atoms with Crippen LogP contribution in [0.5, 0.6) is 0 Å². The average Bonchev–Trinajstić information content (AvgIpc) is 2.84. The van der Waals surface area contributed by atoms with Crippen molar-refractivity contribution in [3.63, 3.8) is 0 Å². The Labute approximate surface area is 133 Å². The number of thiophene rings is 1. The zero-order valence-corrected chi connectivity index (χ0v) is 13.6. The maximum Gasteiger partial charge on any atom is 0.329 e. The lowest BCUT2D eigenvalue weighted by Crippen LogP contribution is -2.45. The van der Waals surface area contributed by atoms with Crippen LogP contribution in [0.15, 0.2) is 29.6 Å². The van der Waals surface area contributed by atoms with E-state index in [1.54, 1.807) is 32.1 Å². The van der Waals surface area contributed by atoms with Crippen LogP contribution in [0.2, 0.25) is 0 Å². The first-order valence-corrected chi connectivity index (χ1v) is 7.80. The van der Waals surface area contributed by atoms with Gasteiger partial charge >= 0.3 is 5.97 Å². The predicted molar refractivity (Wildman–Crippen MR) is 85.7 cm³/mol. The third-order valence-corrected chi connectivity index (χ3v) is 4.06. The second-order valence-electron chi connectivity index (χ2n) is 5.98. The summed E-state index contributed by atoms with van der Waals surface area (Å²) in [5.41, 5.74) is 0.253. The number of aliphatic carboxylic acids is 1. The van der Waals surface area contributed by atoms with Crippen LogP contribution >= 0.6 is 11.3 Å².